The van der Waals surface area contributed by atoms with Crippen LogP contribution >= 0.6 is 11.3 Å². The van der Waals surface area contributed by atoms with Gasteiger partial charge >= 0.3 is 5.97 Å². The number of rotatable bonds is 5. The quantitative estimate of drug-likeness (QED) is 0.517. The Morgan fingerprint density at radius 1 is 1.32 bits per heavy atom. The molecule has 1 aliphatic heterocycles. The lowest BCUT2D eigenvalue weighted by atomic mass is 10.2. The van der Waals surface area contributed by atoms with Crippen LogP contribution in [0, 0.1) is 6.92 Å². The maximum atomic E-state index is 12.6. The number of nitrogens with zero attached hydrogens (tertiary/aromatic N) is 1. The highest BCUT2D eigenvalue weighted by atomic mass is 32.1. The molecule has 9 heteroatoms. The van der Waals surface area contributed by atoms with E-state index in [0.29, 0.717) is 44.6 Å². The van der Waals surface area contributed by atoms with Gasteiger partial charge in [-0.1, -0.05) is 12.1 Å². The molecule has 0 saturated carbocycles. The van der Waals surface area contributed by atoms with Crippen molar-refractivity contribution in [2.75, 3.05) is 26.9 Å². The average Bonchev–Trinajstić information content (AvgIpc) is 3.04. The smallest absolute Gasteiger partial charge is 0.348 e. The Bertz CT molecular complexity index is 1090. The van der Waals surface area contributed by atoms with Gasteiger partial charge in [0.05, 0.1) is 12.0 Å². The highest BCUT2D eigenvalue weighted by Crippen LogP contribution is 2.35. The molecule has 0 bridgehead atoms. The molecule has 1 N–H and O–H groups in total. The standard InChI is InChI=1S/C19H18N2O6S/c1-10-14-17(22)20-16(13-9-26-11-5-3-4-6-12(11)27-13)21-18(14)28-15(10)19(23)25-8-7-24-2/h3-6,13H,7-9H2,1-2H3,(H,20,21,22)/t13-/m1/s1. The molecule has 0 spiro atoms. The number of esters is 1. The topological polar surface area (TPSA) is 99.7 Å². The Balaban J connectivity index is 1.65. The van der Waals surface area contributed by atoms with Crippen molar-refractivity contribution in [1.29, 1.82) is 0 Å². The number of aryl methyl sites for hydroxylation is 1. The molecule has 0 radical (unpaired) electrons. The molecule has 28 heavy (non-hydrogen) atoms. The van der Waals surface area contributed by atoms with E-state index < -0.39 is 12.1 Å². The number of aromatic nitrogens is 2. The third-order valence-electron chi connectivity index (χ3n) is 4.34. The molecule has 1 atom stereocenters. The van der Waals surface area contributed by atoms with E-state index in [1.807, 2.05) is 18.2 Å². The molecule has 4 rings (SSSR count). The second-order valence-corrected chi connectivity index (χ2v) is 7.18. The van der Waals surface area contributed by atoms with Gasteiger partial charge in [-0.05, 0) is 24.6 Å². The van der Waals surface area contributed by atoms with Crippen LogP contribution in [0.15, 0.2) is 29.1 Å². The van der Waals surface area contributed by atoms with Crippen LogP contribution in [0.2, 0.25) is 0 Å². The normalized spacial score (nSPS) is 15.6. The summed E-state index contributed by atoms with van der Waals surface area (Å²) in [5.74, 6) is 1.10. The van der Waals surface area contributed by atoms with Crippen LogP contribution in [0.5, 0.6) is 11.5 Å². The van der Waals surface area contributed by atoms with E-state index in [4.69, 9.17) is 18.9 Å². The van der Waals surface area contributed by atoms with Crippen LogP contribution in [-0.2, 0) is 9.47 Å². The lowest BCUT2D eigenvalue weighted by molar-refractivity contribution is 0.0393. The highest BCUT2D eigenvalue weighted by Gasteiger charge is 2.27. The Labute approximate surface area is 164 Å². The van der Waals surface area contributed by atoms with Crippen LogP contribution in [0.25, 0.3) is 10.2 Å². The van der Waals surface area contributed by atoms with Gasteiger partial charge in [0, 0.05) is 7.11 Å². The molecule has 3 heterocycles. The van der Waals surface area contributed by atoms with Crippen LogP contribution in [-0.4, -0.2) is 42.9 Å². The fourth-order valence-corrected chi connectivity index (χ4v) is 4.03. The van der Waals surface area contributed by atoms with E-state index in [2.05, 4.69) is 9.97 Å². The Hall–Kier alpha value is -2.91. The van der Waals surface area contributed by atoms with Gasteiger partial charge in [0.15, 0.2) is 23.4 Å². The number of carbonyl (C=O) groups excluding carboxylic acids is 1. The summed E-state index contributed by atoms with van der Waals surface area (Å²) in [6, 6.07) is 7.31. The minimum Gasteiger partial charge on any atom is -0.485 e. The van der Waals surface area contributed by atoms with E-state index in [-0.39, 0.29) is 18.8 Å². The monoisotopic (exact) mass is 402 g/mol. The van der Waals surface area contributed by atoms with E-state index in [9.17, 15) is 9.59 Å². The third kappa shape index (κ3) is 3.34. The number of thiophene rings is 1. The number of H-pyrrole nitrogens is 1. The first-order valence-corrected chi connectivity index (χ1v) is 9.48. The number of para-hydroxylation sites is 2. The first kappa shape index (κ1) is 18.5. The van der Waals surface area contributed by atoms with Crippen molar-refractivity contribution in [2.24, 2.45) is 0 Å². The number of benzene rings is 1. The number of nitrogens with one attached hydrogen (secondary N) is 1. The summed E-state index contributed by atoms with van der Waals surface area (Å²) in [5, 5.41) is 0.379. The van der Waals surface area contributed by atoms with Crippen molar-refractivity contribution in [1.82, 2.24) is 9.97 Å². The number of methoxy groups -OCH3 is 1. The first-order valence-electron chi connectivity index (χ1n) is 8.66. The molecule has 0 unspecified atom stereocenters. The molecule has 0 fully saturated rings. The van der Waals surface area contributed by atoms with E-state index in [0.717, 1.165) is 11.3 Å². The van der Waals surface area contributed by atoms with Crippen molar-refractivity contribution >= 4 is 27.5 Å². The highest BCUT2D eigenvalue weighted by molar-refractivity contribution is 7.20. The van der Waals surface area contributed by atoms with Crippen LogP contribution in [0.4, 0.5) is 0 Å². The number of ether oxygens (including phenoxy) is 4. The number of hydrogen-bond acceptors (Lipinski definition) is 8. The van der Waals surface area contributed by atoms with Crippen molar-refractivity contribution in [3.8, 4) is 11.5 Å². The SMILES string of the molecule is COCCOC(=O)c1sc2nc([C@H]3COc4ccccc4O3)[nH]c(=O)c2c1C. The van der Waals surface area contributed by atoms with E-state index in [1.54, 1.807) is 13.0 Å². The molecule has 1 aromatic carbocycles. The molecule has 146 valence electrons. The van der Waals surface area contributed by atoms with E-state index >= 15 is 0 Å². The van der Waals surface area contributed by atoms with Gasteiger partial charge in [0.2, 0.25) is 0 Å². The molecule has 2 aromatic heterocycles. The van der Waals surface area contributed by atoms with Crippen molar-refractivity contribution < 1.29 is 23.7 Å². The molecule has 0 amide bonds. The predicted octanol–water partition coefficient (Wildman–Crippen LogP) is 2.61. The molecule has 1 aliphatic rings. The molecule has 8 nitrogen and oxygen atoms in total. The zero-order valence-electron chi connectivity index (χ0n) is 15.3. The van der Waals surface area contributed by atoms with Crippen molar-refractivity contribution in [2.45, 2.75) is 13.0 Å². The Morgan fingerprint density at radius 3 is 2.89 bits per heavy atom. The molecular weight excluding hydrogens is 384 g/mol. The van der Waals surface area contributed by atoms with Gasteiger partial charge in [-0.15, -0.1) is 11.3 Å². The average molecular weight is 402 g/mol. The lowest BCUT2D eigenvalue weighted by Gasteiger charge is -2.25. The Morgan fingerprint density at radius 2 is 2.11 bits per heavy atom. The minimum atomic E-state index is -0.550. The zero-order valence-corrected chi connectivity index (χ0v) is 16.1. The minimum absolute atomic E-state index is 0.144. The van der Waals surface area contributed by atoms with Gasteiger partial charge in [-0.2, -0.15) is 0 Å². The number of aromatic amines is 1. The van der Waals surface area contributed by atoms with Crippen LogP contribution in [0.1, 0.15) is 27.2 Å². The number of carbonyl (C=O) groups is 1. The fourth-order valence-electron chi connectivity index (χ4n) is 2.95. The van der Waals surface area contributed by atoms with Crippen LogP contribution < -0.4 is 15.0 Å². The summed E-state index contributed by atoms with van der Waals surface area (Å²) in [5.41, 5.74) is 0.223. The van der Waals surface area contributed by atoms with Crippen LogP contribution in [0.3, 0.4) is 0 Å². The molecule has 0 aliphatic carbocycles. The van der Waals surface area contributed by atoms with Gasteiger partial charge in [0.25, 0.3) is 5.56 Å². The summed E-state index contributed by atoms with van der Waals surface area (Å²) in [7, 11) is 1.53. The summed E-state index contributed by atoms with van der Waals surface area (Å²) in [4.78, 5) is 33.0. The summed E-state index contributed by atoms with van der Waals surface area (Å²) >= 11 is 1.13. The number of fused-ring (bicyclic) bond motifs is 2. The van der Waals surface area contributed by atoms with Crippen molar-refractivity contribution in [3.63, 3.8) is 0 Å². The molecular formula is C19H18N2O6S. The summed E-state index contributed by atoms with van der Waals surface area (Å²) < 4.78 is 21.7. The molecule has 3 aromatic rings. The Kier molecular flexibility index (Phi) is 5.01. The predicted molar refractivity (Wildman–Crippen MR) is 102 cm³/mol. The first-order chi connectivity index (χ1) is 13.6. The van der Waals surface area contributed by atoms with E-state index in [1.165, 1.54) is 7.11 Å². The van der Waals surface area contributed by atoms with Gasteiger partial charge in [-0.25, -0.2) is 9.78 Å². The zero-order chi connectivity index (χ0) is 19.7. The van der Waals surface area contributed by atoms with Gasteiger partial charge in [-0.3, -0.25) is 4.79 Å². The lowest BCUT2D eigenvalue weighted by Crippen LogP contribution is -2.26. The number of hydrogen-bond donors (Lipinski definition) is 1. The maximum Gasteiger partial charge on any atom is 0.348 e. The summed E-state index contributed by atoms with van der Waals surface area (Å²) in [6.07, 6.45) is -0.550. The fraction of sp³-hybridized carbons (Fsp3) is 0.316. The summed E-state index contributed by atoms with van der Waals surface area (Å²) in [6.45, 7) is 2.38. The largest absolute Gasteiger partial charge is 0.485 e. The van der Waals surface area contributed by atoms with Gasteiger partial charge in [0.1, 0.15) is 22.9 Å². The van der Waals surface area contributed by atoms with Crippen molar-refractivity contribution in [3.05, 3.63) is 50.9 Å². The second-order valence-electron chi connectivity index (χ2n) is 6.18. The molecule has 0 saturated heterocycles. The maximum absolute atomic E-state index is 12.6. The van der Waals surface area contributed by atoms with Gasteiger partial charge < -0.3 is 23.9 Å². The second kappa shape index (κ2) is 7.61. The third-order valence-corrected chi connectivity index (χ3v) is 5.50.